The summed E-state index contributed by atoms with van der Waals surface area (Å²) in [6.45, 7) is 5.99. The first kappa shape index (κ1) is 17.2. The van der Waals surface area contributed by atoms with Crippen LogP contribution in [-0.4, -0.2) is 56.8 Å². The van der Waals surface area contributed by atoms with Crippen LogP contribution in [0.5, 0.6) is 0 Å². The fourth-order valence-electron chi connectivity index (χ4n) is 3.63. The Kier molecular flexibility index (Phi) is 6.47. The van der Waals surface area contributed by atoms with Crippen LogP contribution in [0.15, 0.2) is 0 Å². The highest BCUT2D eigenvalue weighted by atomic mass is 32.2. The molecule has 0 aromatic carbocycles. The number of nitrogens with zero attached hydrogens (tertiary/aromatic N) is 2. The second-order valence-corrected chi connectivity index (χ2v) is 8.47. The van der Waals surface area contributed by atoms with Gasteiger partial charge in [0.2, 0.25) is 0 Å². The Bertz CT molecular complexity index is 365. The van der Waals surface area contributed by atoms with E-state index in [-0.39, 0.29) is 0 Å². The minimum atomic E-state index is -3.22. The van der Waals surface area contributed by atoms with Crippen LogP contribution in [0.3, 0.4) is 0 Å². The first-order chi connectivity index (χ1) is 10.1. The molecule has 6 heteroatoms. The lowest BCUT2D eigenvalue weighted by molar-refractivity contribution is 0.221. The number of hydrogen-bond donors (Lipinski definition) is 1. The lowest BCUT2D eigenvalue weighted by atomic mass is 9.94. The van der Waals surface area contributed by atoms with Crippen LogP contribution >= 0.6 is 0 Å². The largest absolute Gasteiger partial charge is 0.319 e. The predicted octanol–water partition coefficient (Wildman–Crippen LogP) is 1.67. The third kappa shape index (κ3) is 4.41. The maximum atomic E-state index is 12.7. The average molecular weight is 317 g/mol. The third-order valence-corrected chi connectivity index (χ3v) is 7.02. The van der Waals surface area contributed by atoms with Crippen molar-refractivity contribution in [2.75, 3.05) is 39.8 Å². The first-order valence-electron chi connectivity index (χ1n) is 8.47. The van der Waals surface area contributed by atoms with E-state index in [1.807, 2.05) is 7.05 Å². The molecule has 124 valence electrons. The van der Waals surface area contributed by atoms with Gasteiger partial charge in [0.1, 0.15) is 0 Å². The molecule has 0 atom stereocenters. The molecule has 2 rings (SSSR count). The molecular weight excluding hydrogens is 286 g/mol. The maximum absolute atomic E-state index is 12.7. The van der Waals surface area contributed by atoms with Crippen molar-refractivity contribution in [3.05, 3.63) is 0 Å². The molecule has 0 saturated carbocycles. The second kappa shape index (κ2) is 7.90. The molecule has 2 saturated heterocycles. The molecule has 2 heterocycles. The van der Waals surface area contributed by atoms with Gasteiger partial charge < -0.3 is 5.32 Å². The quantitative estimate of drug-likeness (QED) is 0.811. The van der Waals surface area contributed by atoms with Crippen LogP contribution in [0.4, 0.5) is 0 Å². The zero-order chi connectivity index (χ0) is 15.3. The number of hydrogen-bond acceptors (Lipinski definition) is 3. The van der Waals surface area contributed by atoms with E-state index >= 15 is 0 Å². The highest BCUT2D eigenvalue weighted by molar-refractivity contribution is 7.86. The van der Waals surface area contributed by atoms with Gasteiger partial charge in [-0.05, 0) is 51.1 Å². The van der Waals surface area contributed by atoms with Crippen molar-refractivity contribution < 1.29 is 8.42 Å². The molecule has 0 aliphatic carbocycles. The minimum absolute atomic E-state index is 0.622. The zero-order valence-electron chi connectivity index (χ0n) is 13.6. The van der Waals surface area contributed by atoms with Gasteiger partial charge in [-0.1, -0.05) is 19.8 Å². The summed E-state index contributed by atoms with van der Waals surface area (Å²) in [4.78, 5) is 0. The van der Waals surface area contributed by atoms with Crippen molar-refractivity contribution in [1.82, 2.24) is 13.9 Å². The van der Waals surface area contributed by atoms with E-state index in [9.17, 15) is 8.42 Å². The van der Waals surface area contributed by atoms with Crippen LogP contribution in [0.1, 0.15) is 45.4 Å². The zero-order valence-corrected chi connectivity index (χ0v) is 14.4. The summed E-state index contributed by atoms with van der Waals surface area (Å²) in [6.07, 6.45) is 6.46. The summed E-state index contributed by atoms with van der Waals surface area (Å²) >= 11 is 0. The van der Waals surface area contributed by atoms with Crippen LogP contribution < -0.4 is 5.32 Å². The second-order valence-electron chi connectivity index (χ2n) is 6.54. The number of rotatable bonds is 6. The number of nitrogens with one attached hydrogen (secondary N) is 1. The van der Waals surface area contributed by atoms with E-state index < -0.39 is 10.2 Å². The standard InChI is InChI=1S/C15H31N3O2S/c1-3-4-14-5-9-17(10-6-14)21(19,20)18-11-7-15(8-12-18)13-16-2/h14-16H,3-13H2,1-2H3. The summed E-state index contributed by atoms with van der Waals surface area (Å²) in [6, 6.07) is 0. The lowest BCUT2D eigenvalue weighted by Gasteiger charge is -2.37. The molecule has 0 bridgehead atoms. The molecule has 2 fully saturated rings. The van der Waals surface area contributed by atoms with E-state index in [1.54, 1.807) is 8.61 Å². The van der Waals surface area contributed by atoms with Gasteiger partial charge in [0.15, 0.2) is 0 Å². The Morgan fingerprint density at radius 2 is 1.43 bits per heavy atom. The van der Waals surface area contributed by atoms with E-state index in [0.717, 1.165) is 38.1 Å². The van der Waals surface area contributed by atoms with E-state index in [2.05, 4.69) is 12.2 Å². The molecule has 0 spiro atoms. The van der Waals surface area contributed by atoms with Gasteiger partial charge in [0.25, 0.3) is 10.2 Å². The van der Waals surface area contributed by atoms with Gasteiger partial charge in [-0.25, -0.2) is 0 Å². The molecule has 21 heavy (non-hydrogen) atoms. The van der Waals surface area contributed by atoms with Crippen LogP contribution in [0, 0.1) is 11.8 Å². The Morgan fingerprint density at radius 1 is 0.952 bits per heavy atom. The van der Waals surface area contributed by atoms with Crippen molar-refractivity contribution in [3.63, 3.8) is 0 Å². The summed E-state index contributed by atoms with van der Waals surface area (Å²) < 4.78 is 28.8. The Hall–Kier alpha value is -0.170. The lowest BCUT2D eigenvalue weighted by Crippen LogP contribution is -2.50. The average Bonchev–Trinajstić information content (AvgIpc) is 2.49. The molecule has 0 unspecified atom stereocenters. The topological polar surface area (TPSA) is 52.7 Å². The highest BCUT2D eigenvalue weighted by Crippen LogP contribution is 2.26. The Balaban J connectivity index is 1.85. The normalized spacial score (nSPS) is 24.5. The maximum Gasteiger partial charge on any atom is 0.281 e. The van der Waals surface area contributed by atoms with Gasteiger partial charge in [0.05, 0.1) is 0 Å². The summed E-state index contributed by atoms with van der Waals surface area (Å²) in [7, 11) is -1.25. The van der Waals surface area contributed by atoms with Crippen LogP contribution in [0.2, 0.25) is 0 Å². The summed E-state index contributed by atoms with van der Waals surface area (Å²) in [5, 5.41) is 3.19. The van der Waals surface area contributed by atoms with Gasteiger partial charge in [-0.2, -0.15) is 17.0 Å². The number of piperidine rings is 2. The molecule has 0 amide bonds. The van der Waals surface area contributed by atoms with Gasteiger partial charge in [-0.15, -0.1) is 0 Å². The predicted molar refractivity (Wildman–Crippen MR) is 86.3 cm³/mol. The monoisotopic (exact) mass is 317 g/mol. The SMILES string of the molecule is CCCC1CCN(S(=O)(=O)N2CCC(CNC)CC2)CC1. The Labute approximate surface area is 130 Å². The molecule has 1 N–H and O–H groups in total. The molecular formula is C15H31N3O2S. The van der Waals surface area contributed by atoms with Crippen LogP contribution in [0.25, 0.3) is 0 Å². The minimum Gasteiger partial charge on any atom is -0.319 e. The van der Waals surface area contributed by atoms with Crippen molar-refractivity contribution in [2.24, 2.45) is 11.8 Å². The smallest absolute Gasteiger partial charge is 0.281 e. The van der Waals surface area contributed by atoms with Crippen LogP contribution in [-0.2, 0) is 10.2 Å². The molecule has 0 aromatic rings. The molecule has 0 radical (unpaired) electrons. The molecule has 5 nitrogen and oxygen atoms in total. The molecule has 2 aliphatic rings. The van der Waals surface area contributed by atoms with Crippen molar-refractivity contribution in [3.8, 4) is 0 Å². The Morgan fingerprint density at radius 3 is 1.86 bits per heavy atom. The van der Waals surface area contributed by atoms with E-state index in [0.29, 0.717) is 32.1 Å². The van der Waals surface area contributed by atoms with E-state index in [4.69, 9.17) is 0 Å². The van der Waals surface area contributed by atoms with Gasteiger partial charge in [0, 0.05) is 26.2 Å². The third-order valence-electron chi connectivity index (χ3n) is 4.99. The molecule has 2 aliphatic heterocycles. The molecule has 0 aromatic heterocycles. The summed E-state index contributed by atoms with van der Waals surface area (Å²) in [5.41, 5.74) is 0. The summed E-state index contributed by atoms with van der Waals surface area (Å²) in [5.74, 6) is 1.35. The van der Waals surface area contributed by atoms with Crippen molar-refractivity contribution in [2.45, 2.75) is 45.4 Å². The fourth-order valence-corrected chi connectivity index (χ4v) is 5.30. The first-order valence-corrected chi connectivity index (χ1v) is 9.87. The van der Waals surface area contributed by atoms with Gasteiger partial charge >= 0.3 is 0 Å². The van der Waals surface area contributed by atoms with Gasteiger partial charge in [-0.3, -0.25) is 0 Å². The van der Waals surface area contributed by atoms with Crippen molar-refractivity contribution >= 4 is 10.2 Å². The highest BCUT2D eigenvalue weighted by Gasteiger charge is 2.34. The van der Waals surface area contributed by atoms with E-state index in [1.165, 1.54) is 12.8 Å². The fraction of sp³-hybridized carbons (Fsp3) is 1.00. The van der Waals surface area contributed by atoms with Crippen molar-refractivity contribution in [1.29, 1.82) is 0 Å².